The highest BCUT2D eigenvalue weighted by Crippen LogP contribution is 2.17. The normalized spacial score (nSPS) is 18.9. The maximum Gasteiger partial charge on any atom is 0.225 e. The minimum Gasteiger partial charge on any atom is -0.491 e. The van der Waals surface area contributed by atoms with Gasteiger partial charge >= 0.3 is 0 Å². The second kappa shape index (κ2) is 7.29. The Balaban J connectivity index is 1.81. The second-order valence-corrected chi connectivity index (χ2v) is 5.59. The van der Waals surface area contributed by atoms with Crippen molar-refractivity contribution in [1.29, 1.82) is 0 Å². The molecule has 1 aromatic carbocycles. The monoisotopic (exact) mass is 276 g/mol. The zero-order valence-corrected chi connectivity index (χ0v) is 12.3. The van der Waals surface area contributed by atoms with Crippen LogP contribution < -0.4 is 15.4 Å². The Kier molecular flexibility index (Phi) is 5.41. The molecule has 2 N–H and O–H groups in total. The van der Waals surface area contributed by atoms with Crippen molar-refractivity contribution in [2.24, 2.45) is 0 Å². The maximum absolute atomic E-state index is 12.0. The highest BCUT2D eigenvalue weighted by Gasteiger charge is 2.16. The molecule has 1 atom stereocenters. The molecule has 1 aliphatic rings. The Morgan fingerprint density at radius 2 is 2.10 bits per heavy atom. The molecule has 0 spiro atoms. The van der Waals surface area contributed by atoms with Crippen LogP contribution in [0.2, 0.25) is 0 Å². The average molecular weight is 276 g/mol. The molecule has 1 aliphatic heterocycles. The number of ether oxygens (including phenoxy) is 1. The van der Waals surface area contributed by atoms with Crippen molar-refractivity contribution >= 4 is 11.6 Å². The number of piperidine rings is 1. The highest BCUT2D eigenvalue weighted by molar-refractivity contribution is 5.91. The molecule has 20 heavy (non-hydrogen) atoms. The zero-order chi connectivity index (χ0) is 14.4. The molecule has 0 radical (unpaired) electrons. The molecule has 4 nitrogen and oxygen atoms in total. The van der Waals surface area contributed by atoms with Crippen LogP contribution in [0.1, 0.15) is 39.5 Å². The Morgan fingerprint density at radius 1 is 1.35 bits per heavy atom. The number of benzene rings is 1. The SMILES string of the molecule is CC(C)Oc1ccc(NC(=O)CC2CCCCN2)cc1. The highest BCUT2D eigenvalue weighted by atomic mass is 16.5. The lowest BCUT2D eigenvalue weighted by Gasteiger charge is -2.22. The fraction of sp³-hybridized carbons (Fsp3) is 0.562. The van der Waals surface area contributed by atoms with Crippen molar-refractivity contribution in [3.05, 3.63) is 24.3 Å². The number of hydrogen-bond donors (Lipinski definition) is 2. The van der Waals surface area contributed by atoms with Gasteiger partial charge in [0, 0.05) is 18.2 Å². The van der Waals surface area contributed by atoms with Gasteiger partial charge in [0.05, 0.1) is 6.10 Å². The molecule has 0 aliphatic carbocycles. The third-order valence-corrected chi connectivity index (χ3v) is 3.35. The lowest BCUT2D eigenvalue weighted by atomic mass is 10.0. The number of carbonyl (C=O) groups is 1. The van der Waals surface area contributed by atoms with Crippen LogP contribution in [0.15, 0.2) is 24.3 Å². The summed E-state index contributed by atoms with van der Waals surface area (Å²) >= 11 is 0. The first-order chi connectivity index (χ1) is 9.63. The Hall–Kier alpha value is -1.55. The molecule has 1 heterocycles. The third kappa shape index (κ3) is 4.85. The number of anilines is 1. The average Bonchev–Trinajstić information content (AvgIpc) is 2.41. The first-order valence-electron chi connectivity index (χ1n) is 7.43. The van der Waals surface area contributed by atoms with E-state index in [2.05, 4.69) is 10.6 Å². The van der Waals surface area contributed by atoms with Crippen molar-refractivity contribution < 1.29 is 9.53 Å². The summed E-state index contributed by atoms with van der Waals surface area (Å²) in [5.41, 5.74) is 0.821. The molecular weight excluding hydrogens is 252 g/mol. The lowest BCUT2D eigenvalue weighted by molar-refractivity contribution is -0.116. The molecule has 4 heteroatoms. The zero-order valence-electron chi connectivity index (χ0n) is 12.3. The smallest absolute Gasteiger partial charge is 0.225 e. The first kappa shape index (κ1) is 14.9. The van der Waals surface area contributed by atoms with E-state index in [0.717, 1.165) is 24.4 Å². The molecule has 0 aromatic heterocycles. The van der Waals surface area contributed by atoms with Crippen LogP contribution in [0, 0.1) is 0 Å². The molecule has 2 rings (SSSR count). The molecule has 1 amide bonds. The van der Waals surface area contributed by atoms with Gasteiger partial charge in [0.15, 0.2) is 0 Å². The number of carbonyl (C=O) groups excluding carboxylic acids is 1. The van der Waals surface area contributed by atoms with Gasteiger partial charge in [-0.05, 0) is 57.5 Å². The van der Waals surface area contributed by atoms with Crippen LogP contribution >= 0.6 is 0 Å². The third-order valence-electron chi connectivity index (χ3n) is 3.35. The van der Waals surface area contributed by atoms with E-state index in [9.17, 15) is 4.79 Å². The van der Waals surface area contributed by atoms with Gasteiger partial charge in [-0.2, -0.15) is 0 Å². The minimum absolute atomic E-state index is 0.0712. The van der Waals surface area contributed by atoms with E-state index in [0.29, 0.717) is 12.5 Å². The largest absolute Gasteiger partial charge is 0.491 e. The predicted octanol–water partition coefficient (Wildman–Crippen LogP) is 2.94. The van der Waals surface area contributed by atoms with Gasteiger partial charge < -0.3 is 15.4 Å². The first-order valence-corrected chi connectivity index (χ1v) is 7.43. The van der Waals surface area contributed by atoms with Gasteiger partial charge in [0.25, 0.3) is 0 Å². The Labute approximate surface area is 120 Å². The molecule has 0 saturated carbocycles. The van der Waals surface area contributed by atoms with Crippen molar-refractivity contribution in [1.82, 2.24) is 5.32 Å². The standard InChI is InChI=1S/C16H24N2O2/c1-12(2)20-15-8-6-13(7-9-15)18-16(19)11-14-5-3-4-10-17-14/h6-9,12,14,17H,3-5,10-11H2,1-2H3,(H,18,19). The summed E-state index contributed by atoms with van der Waals surface area (Å²) in [4.78, 5) is 12.0. The number of amides is 1. The summed E-state index contributed by atoms with van der Waals surface area (Å²) in [6, 6.07) is 7.85. The molecule has 1 unspecified atom stereocenters. The number of rotatable bonds is 5. The fourth-order valence-corrected chi connectivity index (χ4v) is 2.42. The van der Waals surface area contributed by atoms with Gasteiger partial charge in [-0.15, -0.1) is 0 Å². The summed E-state index contributed by atoms with van der Waals surface area (Å²) in [5, 5.41) is 6.32. The lowest BCUT2D eigenvalue weighted by Crippen LogP contribution is -2.36. The van der Waals surface area contributed by atoms with Crippen molar-refractivity contribution in [3.8, 4) is 5.75 Å². The molecule has 1 saturated heterocycles. The van der Waals surface area contributed by atoms with E-state index in [1.54, 1.807) is 0 Å². The quantitative estimate of drug-likeness (QED) is 0.869. The van der Waals surface area contributed by atoms with E-state index < -0.39 is 0 Å². The molecule has 1 aromatic rings. The van der Waals surface area contributed by atoms with Crippen LogP contribution in [0.4, 0.5) is 5.69 Å². The van der Waals surface area contributed by atoms with Crippen LogP contribution in [-0.2, 0) is 4.79 Å². The van der Waals surface area contributed by atoms with Gasteiger partial charge in [0.2, 0.25) is 5.91 Å². The van der Waals surface area contributed by atoms with Gasteiger partial charge in [0.1, 0.15) is 5.75 Å². The summed E-state index contributed by atoms with van der Waals surface area (Å²) < 4.78 is 5.57. The molecular formula is C16H24N2O2. The predicted molar refractivity (Wildman–Crippen MR) is 81.1 cm³/mol. The summed E-state index contributed by atoms with van der Waals surface area (Å²) in [6.07, 6.45) is 4.23. The van der Waals surface area contributed by atoms with Crippen LogP contribution in [-0.4, -0.2) is 24.6 Å². The minimum atomic E-state index is 0.0712. The van der Waals surface area contributed by atoms with Crippen LogP contribution in [0.25, 0.3) is 0 Å². The Bertz CT molecular complexity index is 423. The van der Waals surface area contributed by atoms with Crippen molar-refractivity contribution in [2.75, 3.05) is 11.9 Å². The molecule has 110 valence electrons. The van der Waals surface area contributed by atoms with E-state index in [4.69, 9.17) is 4.74 Å². The van der Waals surface area contributed by atoms with E-state index in [-0.39, 0.29) is 12.0 Å². The summed E-state index contributed by atoms with van der Waals surface area (Å²) in [5.74, 6) is 0.897. The maximum atomic E-state index is 12.0. The van der Waals surface area contributed by atoms with E-state index in [1.165, 1.54) is 12.8 Å². The number of hydrogen-bond acceptors (Lipinski definition) is 3. The van der Waals surface area contributed by atoms with E-state index >= 15 is 0 Å². The number of nitrogens with one attached hydrogen (secondary N) is 2. The van der Waals surface area contributed by atoms with Crippen molar-refractivity contribution in [3.63, 3.8) is 0 Å². The second-order valence-electron chi connectivity index (χ2n) is 5.59. The fourth-order valence-electron chi connectivity index (χ4n) is 2.42. The summed E-state index contributed by atoms with van der Waals surface area (Å²) in [6.45, 7) is 5.01. The molecule has 0 bridgehead atoms. The Morgan fingerprint density at radius 3 is 2.70 bits per heavy atom. The van der Waals surface area contributed by atoms with Gasteiger partial charge in [-0.1, -0.05) is 6.42 Å². The molecule has 1 fully saturated rings. The summed E-state index contributed by atoms with van der Waals surface area (Å²) in [7, 11) is 0. The van der Waals surface area contributed by atoms with E-state index in [1.807, 2.05) is 38.1 Å². The van der Waals surface area contributed by atoms with Crippen LogP contribution in [0.5, 0.6) is 5.75 Å². The van der Waals surface area contributed by atoms with Gasteiger partial charge in [-0.25, -0.2) is 0 Å². The van der Waals surface area contributed by atoms with Crippen molar-refractivity contribution in [2.45, 2.75) is 51.7 Å². The van der Waals surface area contributed by atoms with Gasteiger partial charge in [-0.3, -0.25) is 4.79 Å². The van der Waals surface area contributed by atoms with Crippen LogP contribution in [0.3, 0.4) is 0 Å². The topological polar surface area (TPSA) is 50.4 Å².